The van der Waals surface area contributed by atoms with E-state index in [1.807, 2.05) is 31.2 Å². The fraction of sp³-hybridized carbons (Fsp3) is 0.500. The molecule has 0 bridgehead atoms. The van der Waals surface area contributed by atoms with Crippen molar-refractivity contribution >= 4 is 0 Å². The van der Waals surface area contributed by atoms with E-state index >= 15 is 0 Å². The summed E-state index contributed by atoms with van der Waals surface area (Å²) < 4.78 is 11.4. The number of benzene rings is 1. The largest absolute Gasteiger partial charge is 0.491 e. The molecule has 140 valence electrons. The second kappa shape index (κ2) is 9.62. The minimum atomic E-state index is 0.0290. The van der Waals surface area contributed by atoms with Crippen molar-refractivity contribution in [3.05, 3.63) is 53.6 Å². The van der Waals surface area contributed by atoms with E-state index in [0.717, 1.165) is 56.2 Å². The Morgan fingerprint density at radius 3 is 3.08 bits per heavy atom. The highest BCUT2D eigenvalue weighted by Gasteiger charge is 2.20. The van der Waals surface area contributed by atoms with E-state index in [9.17, 15) is 0 Å². The van der Waals surface area contributed by atoms with Crippen LogP contribution >= 0.6 is 0 Å². The Bertz CT molecular complexity index is 696. The molecule has 26 heavy (non-hydrogen) atoms. The van der Waals surface area contributed by atoms with Gasteiger partial charge in [0.15, 0.2) is 0 Å². The lowest BCUT2D eigenvalue weighted by Crippen LogP contribution is -2.42. The van der Waals surface area contributed by atoms with Crippen LogP contribution in [0.4, 0.5) is 0 Å². The van der Waals surface area contributed by atoms with Crippen LogP contribution in [0, 0.1) is 6.92 Å². The first kappa shape index (κ1) is 18.8. The Balaban J connectivity index is 1.50. The number of aryl methyl sites for hydroxylation is 2. The van der Waals surface area contributed by atoms with E-state index in [1.54, 1.807) is 6.33 Å². The monoisotopic (exact) mass is 357 g/mol. The van der Waals surface area contributed by atoms with Crippen molar-refractivity contribution in [1.29, 1.82) is 0 Å². The zero-order valence-corrected chi connectivity index (χ0v) is 15.3. The molecular formula is C20H27N3O3. The van der Waals surface area contributed by atoms with Crippen LogP contribution in [0.1, 0.15) is 23.4 Å². The molecule has 1 saturated heterocycles. The summed E-state index contributed by atoms with van der Waals surface area (Å²) in [6.45, 7) is 5.84. The van der Waals surface area contributed by atoms with Gasteiger partial charge in [0, 0.05) is 31.0 Å². The third kappa shape index (κ3) is 5.76. The lowest BCUT2D eigenvalue weighted by molar-refractivity contribution is -0.0346. The molecule has 1 aliphatic heterocycles. The van der Waals surface area contributed by atoms with Gasteiger partial charge in [0.2, 0.25) is 0 Å². The predicted molar refractivity (Wildman–Crippen MR) is 99.1 cm³/mol. The molecule has 0 amide bonds. The van der Waals surface area contributed by atoms with Crippen molar-refractivity contribution in [2.24, 2.45) is 0 Å². The van der Waals surface area contributed by atoms with Crippen LogP contribution in [0.2, 0.25) is 0 Å². The highest BCUT2D eigenvalue weighted by Crippen LogP contribution is 2.18. The molecule has 0 aliphatic carbocycles. The molecule has 1 fully saturated rings. The summed E-state index contributed by atoms with van der Waals surface area (Å²) in [7, 11) is 0. The number of morpholine rings is 1. The molecular weight excluding hydrogens is 330 g/mol. The van der Waals surface area contributed by atoms with Gasteiger partial charge in [-0.1, -0.05) is 12.1 Å². The van der Waals surface area contributed by atoms with Crippen LogP contribution in [-0.2, 0) is 17.7 Å². The molecule has 1 N–H and O–H groups in total. The van der Waals surface area contributed by atoms with Crippen LogP contribution < -0.4 is 4.74 Å². The zero-order chi connectivity index (χ0) is 18.2. The van der Waals surface area contributed by atoms with E-state index in [4.69, 9.17) is 14.6 Å². The van der Waals surface area contributed by atoms with E-state index in [2.05, 4.69) is 20.9 Å². The predicted octanol–water partition coefficient (Wildman–Crippen LogP) is 1.99. The Labute approximate surface area is 154 Å². The number of nitrogens with zero attached hydrogens (tertiary/aromatic N) is 3. The van der Waals surface area contributed by atoms with Gasteiger partial charge in [-0.3, -0.25) is 4.90 Å². The number of aliphatic hydroxyl groups excluding tert-OH is 1. The highest BCUT2D eigenvalue weighted by atomic mass is 16.5. The smallest absolute Gasteiger partial charge is 0.119 e. The number of aromatic nitrogens is 2. The Kier molecular flexibility index (Phi) is 6.94. The fourth-order valence-corrected chi connectivity index (χ4v) is 3.21. The number of aliphatic hydroxyl groups is 1. The molecule has 0 saturated carbocycles. The summed E-state index contributed by atoms with van der Waals surface area (Å²) in [5.74, 6) is 0.806. The van der Waals surface area contributed by atoms with Gasteiger partial charge in [-0.2, -0.15) is 0 Å². The normalized spacial score (nSPS) is 18.0. The molecule has 6 nitrogen and oxygen atoms in total. The second-order valence-corrected chi connectivity index (χ2v) is 6.64. The third-order valence-corrected chi connectivity index (χ3v) is 4.47. The molecule has 1 aromatic heterocycles. The van der Waals surface area contributed by atoms with Crippen molar-refractivity contribution in [1.82, 2.24) is 14.9 Å². The van der Waals surface area contributed by atoms with Crippen LogP contribution in [0.15, 0.2) is 36.7 Å². The number of hydrogen-bond acceptors (Lipinski definition) is 6. The summed E-state index contributed by atoms with van der Waals surface area (Å²) in [6.07, 6.45) is 3.73. The Morgan fingerprint density at radius 2 is 2.23 bits per heavy atom. The number of hydrogen-bond donors (Lipinski definition) is 1. The van der Waals surface area contributed by atoms with Crippen molar-refractivity contribution < 1.29 is 14.6 Å². The molecule has 0 radical (unpaired) electrons. The molecule has 1 aromatic carbocycles. The average Bonchev–Trinajstić information content (AvgIpc) is 2.65. The van der Waals surface area contributed by atoms with Crippen LogP contribution in [-0.4, -0.2) is 59.0 Å². The molecule has 1 aliphatic rings. The summed E-state index contributed by atoms with van der Waals surface area (Å²) in [5, 5.41) is 8.88. The fourth-order valence-electron chi connectivity index (χ4n) is 3.21. The molecule has 0 unspecified atom stereocenters. The van der Waals surface area contributed by atoms with Gasteiger partial charge in [-0.25, -0.2) is 9.97 Å². The molecule has 2 aromatic rings. The summed E-state index contributed by atoms with van der Waals surface area (Å²) >= 11 is 0. The van der Waals surface area contributed by atoms with Gasteiger partial charge in [0.1, 0.15) is 18.7 Å². The van der Waals surface area contributed by atoms with Crippen LogP contribution in [0.5, 0.6) is 5.75 Å². The second-order valence-electron chi connectivity index (χ2n) is 6.64. The number of ether oxygens (including phenoxy) is 2. The topological polar surface area (TPSA) is 67.7 Å². The SMILES string of the molecule is Cc1cc(CC[C@H]2CN(Cc3cccc(OCCO)c3)CCO2)ncn1. The molecule has 6 heteroatoms. The van der Waals surface area contributed by atoms with Gasteiger partial charge in [0.05, 0.1) is 19.3 Å². The Hall–Kier alpha value is -2.02. The van der Waals surface area contributed by atoms with Crippen molar-refractivity contribution in [2.45, 2.75) is 32.4 Å². The van der Waals surface area contributed by atoms with E-state index in [1.165, 1.54) is 5.56 Å². The average molecular weight is 357 g/mol. The first-order valence-electron chi connectivity index (χ1n) is 9.17. The zero-order valence-electron chi connectivity index (χ0n) is 15.3. The first-order chi connectivity index (χ1) is 12.7. The van der Waals surface area contributed by atoms with Crippen molar-refractivity contribution in [3.63, 3.8) is 0 Å². The first-order valence-corrected chi connectivity index (χ1v) is 9.17. The van der Waals surface area contributed by atoms with Gasteiger partial charge >= 0.3 is 0 Å². The molecule has 1 atom stereocenters. The van der Waals surface area contributed by atoms with Gasteiger partial charge in [-0.05, 0) is 43.5 Å². The van der Waals surface area contributed by atoms with Crippen LogP contribution in [0.25, 0.3) is 0 Å². The molecule has 0 spiro atoms. The summed E-state index contributed by atoms with van der Waals surface area (Å²) in [4.78, 5) is 10.9. The maximum atomic E-state index is 8.88. The van der Waals surface area contributed by atoms with Gasteiger partial charge < -0.3 is 14.6 Å². The maximum absolute atomic E-state index is 8.88. The van der Waals surface area contributed by atoms with Gasteiger partial charge in [0.25, 0.3) is 0 Å². The molecule has 3 rings (SSSR count). The minimum Gasteiger partial charge on any atom is -0.491 e. The quantitative estimate of drug-likeness (QED) is 0.779. The highest BCUT2D eigenvalue weighted by molar-refractivity contribution is 5.28. The van der Waals surface area contributed by atoms with E-state index in [-0.39, 0.29) is 12.7 Å². The maximum Gasteiger partial charge on any atom is 0.119 e. The lowest BCUT2D eigenvalue weighted by Gasteiger charge is -2.33. The van der Waals surface area contributed by atoms with Crippen molar-refractivity contribution in [2.75, 3.05) is 32.9 Å². The van der Waals surface area contributed by atoms with E-state index < -0.39 is 0 Å². The number of rotatable bonds is 8. The third-order valence-electron chi connectivity index (χ3n) is 4.47. The summed E-state index contributed by atoms with van der Waals surface area (Å²) in [5.41, 5.74) is 3.30. The summed E-state index contributed by atoms with van der Waals surface area (Å²) in [6, 6.07) is 10.1. The van der Waals surface area contributed by atoms with Crippen molar-refractivity contribution in [3.8, 4) is 5.75 Å². The lowest BCUT2D eigenvalue weighted by atomic mass is 10.1. The Morgan fingerprint density at radius 1 is 1.31 bits per heavy atom. The van der Waals surface area contributed by atoms with Gasteiger partial charge in [-0.15, -0.1) is 0 Å². The van der Waals surface area contributed by atoms with Crippen LogP contribution in [0.3, 0.4) is 0 Å². The minimum absolute atomic E-state index is 0.0290. The van der Waals surface area contributed by atoms with E-state index in [0.29, 0.717) is 6.61 Å². The molecule has 2 heterocycles. The standard InChI is InChI=1S/C20H27N3O3/c1-16-11-18(22-15-21-16)5-6-20-14-23(7-9-25-20)13-17-3-2-4-19(12-17)26-10-8-24/h2-4,11-12,15,20,24H,5-10,13-14H2,1H3/t20-/m0/s1.